The largest absolute Gasteiger partial charge is 0.490 e. The van der Waals surface area contributed by atoms with Crippen molar-refractivity contribution in [2.24, 2.45) is 0 Å². The number of para-hydroxylation sites is 1. The molecule has 0 saturated carbocycles. The molecule has 0 radical (unpaired) electrons. The molecule has 3 nitrogen and oxygen atoms in total. The van der Waals surface area contributed by atoms with Crippen LogP contribution in [0.5, 0.6) is 5.75 Å². The highest BCUT2D eigenvalue weighted by atomic mass is 19.1. The van der Waals surface area contributed by atoms with Crippen LogP contribution in [-0.2, 0) is 0 Å². The summed E-state index contributed by atoms with van der Waals surface area (Å²) in [6.07, 6.45) is 6.37. The normalized spacial score (nSPS) is 10.9. The summed E-state index contributed by atoms with van der Waals surface area (Å²) in [6.45, 7) is 2.50. The van der Waals surface area contributed by atoms with Gasteiger partial charge in [-0.25, -0.2) is 9.37 Å². The van der Waals surface area contributed by atoms with E-state index < -0.39 is 0 Å². The van der Waals surface area contributed by atoms with Crippen LogP contribution in [0.2, 0.25) is 0 Å². The minimum atomic E-state index is -0.332. The molecule has 0 N–H and O–H groups in total. The van der Waals surface area contributed by atoms with Gasteiger partial charge in [0.25, 0.3) is 0 Å². The number of fused-ring (bicyclic) bond motifs is 1. The first kappa shape index (κ1) is 12.7. The van der Waals surface area contributed by atoms with Gasteiger partial charge in [0.1, 0.15) is 5.65 Å². The van der Waals surface area contributed by atoms with Crippen molar-refractivity contribution < 1.29 is 9.13 Å². The number of halogens is 1. The third-order valence-electron chi connectivity index (χ3n) is 3.12. The second-order valence-electron chi connectivity index (χ2n) is 4.58. The van der Waals surface area contributed by atoms with E-state index in [1.54, 1.807) is 12.3 Å². The van der Waals surface area contributed by atoms with Crippen LogP contribution in [0.3, 0.4) is 0 Å². The van der Waals surface area contributed by atoms with Gasteiger partial charge in [0.15, 0.2) is 11.6 Å². The quantitative estimate of drug-likeness (QED) is 0.718. The van der Waals surface area contributed by atoms with Crippen LogP contribution in [-0.4, -0.2) is 16.0 Å². The van der Waals surface area contributed by atoms with Crippen LogP contribution >= 0.6 is 0 Å². The Kier molecular flexibility index (Phi) is 3.37. The SMILES string of the molecule is CCCOc1c(F)cccc1-c1ccc2nccn2c1. The summed E-state index contributed by atoms with van der Waals surface area (Å²) < 4.78 is 21.4. The number of rotatable bonds is 4. The smallest absolute Gasteiger partial charge is 0.165 e. The van der Waals surface area contributed by atoms with Gasteiger partial charge in [-0.2, -0.15) is 0 Å². The fourth-order valence-electron chi connectivity index (χ4n) is 2.17. The molecule has 0 aliphatic carbocycles. The summed E-state index contributed by atoms with van der Waals surface area (Å²) in [5.74, 6) is -0.0181. The van der Waals surface area contributed by atoms with E-state index in [0.717, 1.165) is 23.2 Å². The molecule has 102 valence electrons. The number of hydrogen-bond donors (Lipinski definition) is 0. The Morgan fingerprint density at radius 2 is 2.15 bits per heavy atom. The van der Waals surface area contributed by atoms with Gasteiger partial charge in [-0.1, -0.05) is 19.1 Å². The van der Waals surface area contributed by atoms with E-state index in [4.69, 9.17) is 4.74 Å². The predicted molar refractivity (Wildman–Crippen MR) is 76.4 cm³/mol. The lowest BCUT2D eigenvalue weighted by Crippen LogP contribution is -2.00. The molecular weight excluding hydrogens is 255 g/mol. The first-order valence-corrected chi connectivity index (χ1v) is 6.64. The Balaban J connectivity index is 2.10. The molecule has 0 spiro atoms. The van der Waals surface area contributed by atoms with Gasteiger partial charge in [0, 0.05) is 29.7 Å². The number of pyridine rings is 1. The molecule has 0 saturated heterocycles. The Labute approximate surface area is 116 Å². The molecule has 0 unspecified atom stereocenters. The highest BCUT2D eigenvalue weighted by Crippen LogP contribution is 2.32. The molecule has 4 heteroatoms. The average molecular weight is 270 g/mol. The van der Waals surface area contributed by atoms with Crippen molar-refractivity contribution in [3.05, 3.63) is 54.7 Å². The van der Waals surface area contributed by atoms with Crippen LogP contribution in [0.1, 0.15) is 13.3 Å². The first-order valence-electron chi connectivity index (χ1n) is 6.64. The van der Waals surface area contributed by atoms with Crippen molar-refractivity contribution in [2.45, 2.75) is 13.3 Å². The van der Waals surface area contributed by atoms with Crippen molar-refractivity contribution in [2.75, 3.05) is 6.61 Å². The minimum absolute atomic E-state index is 0.314. The number of imidazole rings is 1. The Morgan fingerprint density at radius 1 is 1.25 bits per heavy atom. The molecule has 2 aromatic heterocycles. The van der Waals surface area contributed by atoms with Crippen LogP contribution in [0.15, 0.2) is 48.9 Å². The second-order valence-corrected chi connectivity index (χ2v) is 4.58. The Bertz CT molecular complexity index is 736. The van der Waals surface area contributed by atoms with E-state index in [1.165, 1.54) is 6.07 Å². The maximum Gasteiger partial charge on any atom is 0.165 e. The Hall–Kier alpha value is -2.36. The highest BCUT2D eigenvalue weighted by Gasteiger charge is 2.12. The molecule has 0 fully saturated rings. The third kappa shape index (κ3) is 2.25. The monoisotopic (exact) mass is 270 g/mol. The number of aromatic nitrogens is 2. The van der Waals surface area contributed by atoms with Gasteiger partial charge in [-0.05, 0) is 24.6 Å². The van der Waals surface area contributed by atoms with Gasteiger partial charge >= 0.3 is 0 Å². The van der Waals surface area contributed by atoms with E-state index in [9.17, 15) is 4.39 Å². The van der Waals surface area contributed by atoms with Crippen LogP contribution < -0.4 is 4.74 Å². The maximum atomic E-state index is 14.0. The lowest BCUT2D eigenvalue weighted by molar-refractivity contribution is 0.302. The molecule has 0 aliphatic rings. The first-order chi connectivity index (χ1) is 9.79. The second kappa shape index (κ2) is 5.33. The number of benzene rings is 1. The standard InChI is InChI=1S/C16H15FN2O/c1-2-10-20-16-13(4-3-5-14(16)17)12-6-7-15-18-8-9-19(15)11-12/h3-9,11H,2,10H2,1H3. The van der Waals surface area contributed by atoms with E-state index in [2.05, 4.69) is 4.98 Å². The van der Waals surface area contributed by atoms with Crippen molar-refractivity contribution in [1.29, 1.82) is 0 Å². The zero-order valence-corrected chi connectivity index (χ0v) is 11.2. The Morgan fingerprint density at radius 3 is 3.00 bits per heavy atom. The lowest BCUT2D eigenvalue weighted by Gasteiger charge is -2.12. The molecule has 20 heavy (non-hydrogen) atoms. The zero-order chi connectivity index (χ0) is 13.9. The number of nitrogens with zero attached hydrogens (tertiary/aromatic N) is 2. The fraction of sp³-hybridized carbons (Fsp3) is 0.188. The van der Waals surface area contributed by atoms with Crippen molar-refractivity contribution in [1.82, 2.24) is 9.38 Å². The van der Waals surface area contributed by atoms with E-state index in [0.29, 0.717) is 12.4 Å². The summed E-state index contributed by atoms with van der Waals surface area (Å²) in [5, 5.41) is 0. The molecule has 3 aromatic rings. The summed E-state index contributed by atoms with van der Waals surface area (Å²) in [6, 6.07) is 8.82. The summed E-state index contributed by atoms with van der Waals surface area (Å²) in [7, 11) is 0. The zero-order valence-electron chi connectivity index (χ0n) is 11.2. The van der Waals surface area contributed by atoms with Gasteiger partial charge in [-0.3, -0.25) is 0 Å². The molecule has 3 rings (SSSR count). The summed E-state index contributed by atoms with van der Waals surface area (Å²) in [4.78, 5) is 4.20. The minimum Gasteiger partial charge on any atom is -0.490 e. The molecule has 1 aromatic carbocycles. The van der Waals surface area contributed by atoms with Gasteiger partial charge in [0.2, 0.25) is 0 Å². The van der Waals surface area contributed by atoms with Crippen LogP contribution in [0.4, 0.5) is 4.39 Å². The van der Waals surface area contributed by atoms with Crippen molar-refractivity contribution >= 4 is 5.65 Å². The van der Waals surface area contributed by atoms with E-state index in [-0.39, 0.29) is 5.82 Å². The molecule has 0 aliphatic heterocycles. The fourth-order valence-corrected chi connectivity index (χ4v) is 2.17. The van der Waals surface area contributed by atoms with E-state index >= 15 is 0 Å². The molecule has 0 bridgehead atoms. The van der Waals surface area contributed by atoms with Crippen LogP contribution in [0.25, 0.3) is 16.8 Å². The van der Waals surface area contributed by atoms with Crippen molar-refractivity contribution in [3.8, 4) is 16.9 Å². The molecule has 2 heterocycles. The van der Waals surface area contributed by atoms with Crippen LogP contribution in [0, 0.1) is 5.82 Å². The molecule has 0 atom stereocenters. The van der Waals surface area contributed by atoms with E-state index in [1.807, 2.05) is 41.9 Å². The molecule has 0 amide bonds. The summed E-state index contributed by atoms with van der Waals surface area (Å²) in [5.41, 5.74) is 2.52. The average Bonchev–Trinajstić information content (AvgIpc) is 2.93. The van der Waals surface area contributed by atoms with Gasteiger partial charge < -0.3 is 9.14 Å². The van der Waals surface area contributed by atoms with Gasteiger partial charge in [0.05, 0.1) is 6.61 Å². The molecular formula is C16H15FN2O. The predicted octanol–water partition coefficient (Wildman–Crippen LogP) is 3.93. The highest BCUT2D eigenvalue weighted by molar-refractivity contribution is 5.71. The van der Waals surface area contributed by atoms with Gasteiger partial charge in [-0.15, -0.1) is 0 Å². The maximum absolute atomic E-state index is 14.0. The number of hydrogen-bond acceptors (Lipinski definition) is 2. The lowest BCUT2D eigenvalue weighted by atomic mass is 10.1. The third-order valence-corrected chi connectivity index (χ3v) is 3.12. The summed E-state index contributed by atoms with van der Waals surface area (Å²) >= 11 is 0. The number of ether oxygens (including phenoxy) is 1. The topological polar surface area (TPSA) is 26.5 Å². The van der Waals surface area contributed by atoms with Crippen molar-refractivity contribution in [3.63, 3.8) is 0 Å².